The summed E-state index contributed by atoms with van der Waals surface area (Å²) in [5, 5.41) is 1.30. The summed E-state index contributed by atoms with van der Waals surface area (Å²) < 4.78 is 29.9. The Bertz CT molecular complexity index is 605. The molecule has 17 heavy (non-hydrogen) atoms. The van der Waals surface area contributed by atoms with Gasteiger partial charge in [-0.2, -0.15) is 4.72 Å². The van der Waals surface area contributed by atoms with Crippen molar-refractivity contribution in [3.8, 4) is 0 Å². The summed E-state index contributed by atoms with van der Waals surface area (Å²) in [5.41, 5.74) is 0. The largest absolute Gasteiger partial charge is 0.467 e. The van der Waals surface area contributed by atoms with Crippen molar-refractivity contribution in [1.29, 1.82) is 0 Å². The third-order valence-corrected chi connectivity index (χ3v) is 5.34. The summed E-state index contributed by atoms with van der Waals surface area (Å²) in [7, 11) is -2.89. The number of rotatable bonds is 1. The van der Waals surface area contributed by atoms with Crippen molar-refractivity contribution in [2.24, 2.45) is 0 Å². The molecule has 6 nitrogen and oxygen atoms in total. The Kier molecular flexibility index (Phi) is 2.98. The van der Waals surface area contributed by atoms with E-state index in [0.717, 1.165) is 18.4 Å². The average Bonchev–Trinajstić information content (AvgIpc) is 2.66. The number of thiophene rings is 1. The molecule has 0 radical (unpaired) electrons. The van der Waals surface area contributed by atoms with E-state index in [1.807, 2.05) is 4.72 Å². The van der Waals surface area contributed by atoms with E-state index in [-0.39, 0.29) is 14.8 Å². The molecule has 1 atom stereocenters. The van der Waals surface area contributed by atoms with Gasteiger partial charge in [0.25, 0.3) is 0 Å². The molecule has 1 aromatic rings. The molecule has 1 aliphatic rings. The summed E-state index contributed by atoms with van der Waals surface area (Å²) in [6.45, 7) is 0. The first-order valence-electron chi connectivity index (χ1n) is 4.30. The summed E-state index contributed by atoms with van der Waals surface area (Å²) in [4.78, 5) is 22.8. The molecule has 0 amide bonds. The van der Waals surface area contributed by atoms with E-state index in [2.05, 4.69) is 4.74 Å². The van der Waals surface area contributed by atoms with Crippen molar-refractivity contribution in [3.05, 3.63) is 15.3 Å². The number of ketones is 1. The van der Waals surface area contributed by atoms with Crippen LogP contribution in [0.15, 0.2) is 10.3 Å². The number of fused-ring (bicyclic) bond motifs is 1. The second-order valence-electron chi connectivity index (χ2n) is 3.18. The summed E-state index contributed by atoms with van der Waals surface area (Å²) in [6.07, 6.45) is 0. The average molecular weight is 296 g/mol. The first-order valence-corrected chi connectivity index (χ1v) is 7.04. The molecule has 2 rings (SSSR count). The molecule has 0 saturated heterocycles. The lowest BCUT2D eigenvalue weighted by molar-refractivity contribution is -0.141. The molecule has 2 heterocycles. The number of halogens is 1. The zero-order valence-corrected chi connectivity index (χ0v) is 10.8. The number of nitrogens with one attached hydrogen (secondary N) is 1. The molecule has 0 fully saturated rings. The van der Waals surface area contributed by atoms with E-state index in [1.54, 1.807) is 0 Å². The summed E-state index contributed by atoms with van der Waals surface area (Å²) >= 11 is 6.58. The van der Waals surface area contributed by atoms with Crippen LogP contribution in [0.1, 0.15) is 9.67 Å². The highest BCUT2D eigenvalue weighted by Gasteiger charge is 2.43. The van der Waals surface area contributed by atoms with Crippen LogP contribution in [-0.4, -0.2) is 33.3 Å². The SMILES string of the molecule is COC(=O)C1NS(=O)(=O)c2c(Cl)csc2C1=O. The van der Waals surface area contributed by atoms with E-state index >= 15 is 0 Å². The van der Waals surface area contributed by atoms with Gasteiger partial charge >= 0.3 is 5.97 Å². The van der Waals surface area contributed by atoms with Crippen molar-refractivity contribution in [2.45, 2.75) is 10.9 Å². The Hall–Kier alpha value is -0.960. The number of hydrogen-bond donors (Lipinski definition) is 1. The summed E-state index contributed by atoms with van der Waals surface area (Å²) in [5.74, 6) is -1.60. The molecule has 0 bridgehead atoms. The van der Waals surface area contributed by atoms with Gasteiger partial charge in [0, 0.05) is 5.38 Å². The van der Waals surface area contributed by atoms with Crippen molar-refractivity contribution < 1.29 is 22.7 Å². The molecule has 0 spiro atoms. The molecular weight excluding hydrogens is 290 g/mol. The highest BCUT2D eigenvalue weighted by molar-refractivity contribution is 7.90. The van der Waals surface area contributed by atoms with Crippen LogP contribution >= 0.6 is 22.9 Å². The number of carbonyl (C=O) groups excluding carboxylic acids is 2. The lowest BCUT2D eigenvalue weighted by Crippen LogP contribution is -2.50. The van der Waals surface area contributed by atoms with Gasteiger partial charge in [-0.15, -0.1) is 11.3 Å². The minimum Gasteiger partial charge on any atom is -0.467 e. The van der Waals surface area contributed by atoms with Crippen LogP contribution < -0.4 is 4.72 Å². The number of sulfonamides is 1. The van der Waals surface area contributed by atoms with Gasteiger partial charge in [-0.1, -0.05) is 11.6 Å². The molecule has 1 N–H and O–H groups in total. The second-order valence-corrected chi connectivity index (χ2v) is 6.12. The standard InChI is InChI=1S/C8H6ClNO5S2/c1-15-8(12)4-5(11)6-7(3(9)2-16-6)17(13,14)10-4/h2,4,10H,1H3. The van der Waals surface area contributed by atoms with Gasteiger partial charge in [0.05, 0.1) is 17.0 Å². The molecule has 0 aliphatic carbocycles. The van der Waals surface area contributed by atoms with E-state index in [9.17, 15) is 18.0 Å². The van der Waals surface area contributed by atoms with Crippen molar-refractivity contribution in [1.82, 2.24) is 4.72 Å². The Balaban J connectivity index is 2.61. The predicted octanol–water partition coefficient (Wildman–Crippen LogP) is 0.418. The van der Waals surface area contributed by atoms with E-state index < -0.39 is 27.8 Å². The minimum absolute atomic E-state index is 0.0332. The zero-order valence-electron chi connectivity index (χ0n) is 8.39. The van der Waals surface area contributed by atoms with Crippen LogP contribution in [0, 0.1) is 0 Å². The van der Waals surface area contributed by atoms with Crippen LogP contribution in [0.2, 0.25) is 5.02 Å². The fraction of sp³-hybridized carbons (Fsp3) is 0.250. The van der Waals surface area contributed by atoms with E-state index in [1.165, 1.54) is 5.38 Å². The lowest BCUT2D eigenvalue weighted by Gasteiger charge is -2.20. The number of ether oxygens (including phenoxy) is 1. The van der Waals surface area contributed by atoms with Crippen LogP contribution in [0.3, 0.4) is 0 Å². The van der Waals surface area contributed by atoms with Gasteiger partial charge in [-0.05, 0) is 0 Å². The normalized spacial score (nSPS) is 22.0. The molecule has 1 aromatic heterocycles. The fourth-order valence-electron chi connectivity index (χ4n) is 1.42. The molecule has 1 aliphatic heterocycles. The van der Waals surface area contributed by atoms with Crippen LogP contribution in [0.5, 0.6) is 0 Å². The van der Waals surface area contributed by atoms with E-state index in [0.29, 0.717) is 0 Å². The van der Waals surface area contributed by atoms with Gasteiger partial charge in [-0.25, -0.2) is 13.2 Å². The predicted molar refractivity (Wildman–Crippen MR) is 59.8 cm³/mol. The maximum atomic E-state index is 11.8. The highest BCUT2D eigenvalue weighted by atomic mass is 35.5. The fourth-order valence-corrected chi connectivity index (χ4v) is 4.64. The second kappa shape index (κ2) is 4.05. The van der Waals surface area contributed by atoms with Gasteiger partial charge in [0.15, 0.2) is 6.04 Å². The zero-order chi connectivity index (χ0) is 12.8. The van der Waals surface area contributed by atoms with Gasteiger partial charge in [-0.3, -0.25) is 4.79 Å². The molecule has 92 valence electrons. The highest BCUT2D eigenvalue weighted by Crippen LogP contribution is 2.35. The van der Waals surface area contributed by atoms with E-state index in [4.69, 9.17) is 11.6 Å². The quantitative estimate of drug-likeness (QED) is 0.599. The van der Waals surface area contributed by atoms with Crippen molar-refractivity contribution in [3.63, 3.8) is 0 Å². The number of hydrogen-bond acceptors (Lipinski definition) is 6. The van der Waals surface area contributed by atoms with Gasteiger partial charge < -0.3 is 4.74 Å². The van der Waals surface area contributed by atoms with Crippen LogP contribution in [0.4, 0.5) is 0 Å². The maximum absolute atomic E-state index is 11.8. The van der Waals surface area contributed by atoms with Crippen molar-refractivity contribution >= 4 is 44.7 Å². The molecule has 0 saturated carbocycles. The smallest absolute Gasteiger partial charge is 0.332 e. The summed E-state index contributed by atoms with van der Waals surface area (Å²) in [6, 6.07) is -1.53. The molecule has 0 aromatic carbocycles. The molecule has 9 heteroatoms. The number of carbonyl (C=O) groups is 2. The molecular formula is C8H6ClNO5S2. The Morgan fingerprint density at radius 2 is 2.24 bits per heavy atom. The Morgan fingerprint density at radius 3 is 2.82 bits per heavy atom. The first-order chi connectivity index (χ1) is 7.88. The topological polar surface area (TPSA) is 89.5 Å². The lowest BCUT2D eigenvalue weighted by atomic mass is 10.1. The minimum atomic E-state index is -3.96. The van der Waals surface area contributed by atoms with Gasteiger partial charge in [0.2, 0.25) is 15.8 Å². The Morgan fingerprint density at radius 1 is 1.59 bits per heavy atom. The van der Waals surface area contributed by atoms with Crippen molar-refractivity contribution in [2.75, 3.05) is 7.11 Å². The maximum Gasteiger partial charge on any atom is 0.332 e. The third-order valence-electron chi connectivity index (χ3n) is 2.17. The Labute approximate surface area is 106 Å². The first kappa shape index (κ1) is 12.5. The van der Waals surface area contributed by atoms with Crippen LogP contribution in [0.25, 0.3) is 0 Å². The van der Waals surface area contributed by atoms with Gasteiger partial charge in [0.1, 0.15) is 4.90 Å². The molecule has 1 unspecified atom stereocenters. The number of methoxy groups -OCH3 is 1. The third kappa shape index (κ3) is 1.86. The monoisotopic (exact) mass is 295 g/mol. The number of esters is 1. The van der Waals surface area contributed by atoms with Crippen LogP contribution in [-0.2, 0) is 19.6 Å². The number of Topliss-reactive ketones (excluding diaryl/α,β-unsaturated/α-hetero) is 1.